The van der Waals surface area contributed by atoms with Gasteiger partial charge in [0.2, 0.25) is 0 Å². The molecule has 1 heterocycles. The first kappa shape index (κ1) is 13.1. The predicted molar refractivity (Wildman–Crippen MR) is 74.8 cm³/mol. The number of nitrogens with one attached hydrogen (secondary N) is 2. The fourth-order valence-corrected chi connectivity index (χ4v) is 2.09. The summed E-state index contributed by atoms with van der Waals surface area (Å²) in [6.45, 7) is 0. The number of carbonyl (C=O) groups excluding carboxylic acids is 1. The maximum atomic E-state index is 11.9. The van der Waals surface area contributed by atoms with E-state index < -0.39 is 6.23 Å². The smallest absolute Gasteiger partial charge is 0.269 e. The van der Waals surface area contributed by atoms with Gasteiger partial charge < -0.3 is 15.4 Å². The third-order valence-electron chi connectivity index (χ3n) is 2.68. The molecule has 0 saturated heterocycles. The Bertz CT molecular complexity index is 506. The molecule has 1 atom stereocenters. The van der Waals surface area contributed by atoms with Gasteiger partial charge in [-0.1, -0.05) is 34.1 Å². The number of alkyl halides is 1. The number of aromatic nitrogens is 1. The molecule has 0 aliphatic heterocycles. The lowest BCUT2D eigenvalue weighted by atomic mass is 10.2. The first-order valence-corrected chi connectivity index (χ1v) is 6.95. The first-order chi connectivity index (χ1) is 8.70. The van der Waals surface area contributed by atoms with Gasteiger partial charge in [0.1, 0.15) is 11.9 Å². The van der Waals surface area contributed by atoms with Crippen LogP contribution in [0.3, 0.4) is 0 Å². The monoisotopic (exact) mass is 310 g/mol. The number of para-hydroxylation sites is 1. The van der Waals surface area contributed by atoms with Gasteiger partial charge in [-0.3, -0.25) is 4.79 Å². The van der Waals surface area contributed by atoms with Crippen molar-refractivity contribution < 1.29 is 9.90 Å². The number of fused-ring (bicyclic) bond motifs is 1. The van der Waals surface area contributed by atoms with E-state index in [-0.39, 0.29) is 5.91 Å². The Hall–Kier alpha value is -1.33. The molecule has 1 amide bonds. The molecule has 1 aromatic carbocycles. The Balaban J connectivity index is 2.04. The van der Waals surface area contributed by atoms with Gasteiger partial charge in [-0.05, 0) is 25.0 Å². The lowest BCUT2D eigenvalue weighted by Gasteiger charge is -2.10. The third kappa shape index (κ3) is 3.11. The minimum Gasteiger partial charge on any atom is -0.374 e. The second-order valence-corrected chi connectivity index (χ2v) is 4.88. The van der Waals surface area contributed by atoms with Gasteiger partial charge in [-0.15, -0.1) is 0 Å². The molecule has 0 bridgehead atoms. The highest BCUT2D eigenvalue weighted by Crippen LogP contribution is 2.14. The summed E-state index contributed by atoms with van der Waals surface area (Å²) in [4.78, 5) is 14.9. The quantitative estimate of drug-likeness (QED) is 0.586. The zero-order chi connectivity index (χ0) is 13.0. The minimum absolute atomic E-state index is 0.284. The lowest BCUT2D eigenvalue weighted by Crippen LogP contribution is -2.34. The Morgan fingerprint density at radius 1 is 1.44 bits per heavy atom. The highest BCUT2D eigenvalue weighted by Gasteiger charge is 2.12. The molecule has 1 unspecified atom stereocenters. The average Bonchev–Trinajstić information content (AvgIpc) is 2.80. The van der Waals surface area contributed by atoms with Crippen LogP contribution in [0.5, 0.6) is 0 Å². The van der Waals surface area contributed by atoms with E-state index in [0.717, 1.165) is 22.7 Å². The van der Waals surface area contributed by atoms with Gasteiger partial charge in [-0.2, -0.15) is 0 Å². The number of H-pyrrole nitrogens is 1. The van der Waals surface area contributed by atoms with Crippen LogP contribution in [-0.2, 0) is 0 Å². The number of amides is 1. The number of benzene rings is 1. The predicted octanol–water partition coefficient (Wildman–Crippen LogP) is 2.39. The number of rotatable bonds is 5. The molecule has 96 valence electrons. The van der Waals surface area contributed by atoms with Crippen LogP contribution in [0.1, 0.15) is 23.3 Å². The number of aliphatic hydroxyl groups excluding tert-OH is 1. The second-order valence-electron chi connectivity index (χ2n) is 4.09. The van der Waals surface area contributed by atoms with Gasteiger partial charge in [0.05, 0.1) is 0 Å². The standard InChI is InChI=1S/C13H15BrN2O2/c14-7-3-6-12(17)16-13(18)11-8-9-4-1-2-5-10(9)15-11/h1-2,4-5,8,12,15,17H,3,6-7H2,(H,16,18). The fraction of sp³-hybridized carbons (Fsp3) is 0.308. The van der Waals surface area contributed by atoms with Crippen LogP contribution in [0, 0.1) is 0 Å². The van der Waals surface area contributed by atoms with Crippen molar-refractivity contribution in [3.05, 3.63) is 36.0 Å². The molecule has 5 heteroatoms. The molecule has 0 saturated carbocycles. The Labute approximate surface area is 114 Å². The third-order valence-corrected chi connectivity index (χ3v) is 3.24. The molecule has 0 aliphatic rings. The van der Waals surface area contributed by atoms with Gasteiger partial charge in [0.15, 0.2) is 0 Å². The van der Waals surface area contributed by atoms with Crippen molar-refractivity contribution >= 4 is 32.7 Å². The lowest BCUT2D eigenvalue weighted by molar-refractivity contribution is 0.0760. The summed E-state index contributed by atoms with van der Waals surface area (Å²) in [5, 5.41) is 14.0. The van der Waals surface area contributed by atoms with Crippen molar-refractivity contribution in [3.8, 4) is 0 Å². The van der Waals surface area contributed by atoms with Gasteiger partial charge in [0.25, 0.3) is 5.91 Å². The van der Waals surface area contributed by atoms with E-state index in [0.29, 0.717) is 12.1 Å². The molecule has 0 spiro atoms. The summed E-state index contributed by atoms with van der Waals surface area (Å²) < 4.78 is 0. The number of hydrogen-bond donors (Lipinski definition) is 3. The highest BCUT2D eigenvalue weighted by molar-refractivity contribution is 9.09. The summed E-state index contributed by atoms with van der Waals surface area (Å²) in [5.74, 6) is -0.284. The minimum atomic E-state index is -0.804. The van der Waals surface area contributed by atoms with Crippen LogP contribution in [0.25, 0.3) is 10.9 Å². The molecular weight excluding hydrogens is 296 g/mol. The number of carbonyl (C=O) groups is 1. The maximum Gasteiger partial charge on any atom is 0.269 e. The summed E-state index contributed by atoms with van der Waals surface area (Å²) in [5.41, 5.74) is 1.38. The topological polar surface area (TPSA) is 65.1 Å². The van der Waals surface area contributed by atoms with Crippen molar-refractivity contribution in [1.82, 2.24) is 10.3 Å². The van der Waals surface area contributed by atoms with Gasteiger partial charge in [-0.25, -0.2) is 0 Å². The van der Waals surface area contributed by atoms with E-state index in [2.05, 4.69) is 26.2 Å². The van der Waals surface area contributed by atoms with Crippen molar-refractivity contribution in [3.63, 3.8) is 0 Å². The summed E-state index contributed by atoms with van der Waals surface area (Å²) in [6.07, 6.45) is 0.548. The van der Waals surface area contributed by atoms with E-state index in [1.165, 1.54) is 0 Å². The maximum absolute atomic E-state index is 11.9. The number of hydrogen-bond acceptors (Lipinski definition) is 2. The molecular formula is C13H15BrN2O2. The van der Waals surface area contributed by atoms with Crippen LogP contribution in [0.4, 0.5) is 0 Å². The number of halogens is 1. The SMILES string of the molecule is O=C(NC(O)CCCBr)c1cc2ccccc2[nH]1. The summed E-state index contributed by atoms with van der Waals surface area (Å²) in [7, 11) is 0. The van der Waals surface area contributed by atoms with E-state index in [9.17, 15) is 9.90 Å². The van der Waals surface area contributed by atoms with Crippen LogP contribution >= 0.6 is 15.9 Å². The van der Waals surface area contributed by atoms with Crippen molar-refractivity contribution in [1.29, 1.82) is 0 Å². The zero-order valence-corrected chi connectivity index (χ0v) is 11.4. The molecule has 1 aromatic heterocycles. The first-order valence-electron chi connectivity index (χ1n) is 5.83. The van der Waals surface area contributed by atoms with Gasteiger partial charge >= 0.3 is 0 Å². The van der Waals surface area contributed by atoms with E-state index >= 15 is 0 Å². The van der Waals surface area contributed by atoms with Crippen molar-refractivity contribution in [2.45, 2.75) is 19.1 Å². The summed E-state index contributed by atoms with van der Waals surface area (Å²) >= 11 is 3.28. The summed E-state index contributed by atoms with van der Waals surface area (Å²) in [6, 6.07) is 9.45. The molecule has 2 aromatic rings. The highest BCUT2D eigenvalue weighted by atomic mass is 79.9. The molecule has 3 N–H and O–H groups in total. The Morgan fingerprint density at radius 3 is 2.94 bits per heavy atom. The zero-order valence-electron chi connectivity index (χ0n) is 9.82. The normalized spacial score (nSPS) is 12.6. The molecule has 4 nitrogen and oxygen atoms in total. The number of aromatic amines is 1. The largest absolute Gasteiger partial charge is 0.374 e. The van der Waals surface area contributed by atoms with Crippen LogP contribution in [-0.4, -0.2) is 27.6 Å². The second kappa shape index (κ2) is 6.02. The van der Waals surface area contributed by atoms with Gasteiger partial charge in [0, 0.05) is 16.2 Å². The van der Waals surface area contributed by atoms with Crippen LogP contribution in [0.15, 0.2) is 30.3 Å². The molecule has 18 heavy (non-hydrogen) atoms. The molecule has 2 rings (SSSR count). The van der Waals surface area contributed by atoms with Crippen molar-refractivity contribution in [2.75, 3.05) is 5.33 Å². The molecule has 0 fully saturated rings. The Morgan fingerprint density at radius 2 is 2.22 bits per heavy atom. The molecule has 0 aliphatic carbocycles. The van der Waals surface area contributed by atoms with E-state index in [4.69, 9.17) is 0 Å². The van der Waals surface area contributed by atoms with E-state index in [1.807, 2.05) is 24.3 Å². The Kier molecular flexibility index (Phi) is 4.38. The van der Waals surface area contributed by atoms with E-state index in [1.54, 1.807) is 6.07 Å². The number of aliphatic hydroxyl groups is 1. The van der Waals surface area contributed by atoms with Crippen LogP contribution < -0.4 is 5.32 Å². The van der Waals surface area contributed by atoms with Crippen LogP contribution in [0.2, 0.25) is 0 Å². The average molecular weight is 311 g/mol. The molecule has 0 radical (unpaired) electrons. The van der Waals surface area contributed by atoms with Crippen molar-refractivity contribution in [2.24, 2.45) is 0 Å². The fourth-order valence-electron chi connectivity index (χ4n) is 1.77.